The SMILES string of the molecule is [N-]=[N+]=Nc1cc(Oc2ccc(NC(=O)Nc3ccc(C(C(=O)OC(=O)c4ccccc4)N4CCNCC4)c(C(F)(F)F)c3)cc2)ncn1. The number of alkyl halides is 3. The molecule has 3 N–H and O–H groups in total. The fraction of sp³-hybridized carbons (Fsp3) is 0.194. The number of aromatic nitrogens is 2. The summed E-state index contributed by atoms with van der Waals surface area (Å²) in [4.78, 5) is 50.6. The molecule has 4 aromatic rings. The molecule has 0 spiro atoms. The third kappa shape index (κ3) is 8.61. The van der Waals surface area contributed by atoms with E-state index in [-0.39, 0.29) is 41.7 Å². The molecule has 1 aromatic heterocycles. The number of ether oxygens (including phenoxy) is 2. The number of piperazine rings is 1. The van der Waals surface area contributed by atoms with E-state index in [2.05, 4.69) is 35.9 Å². The second-order valence-electron chi connectivity index (χ2n) is 10.2. The number of azide groups is 1. The predicted molar refractivity (Wildman–Crippen MR) is 165 cm³/mol. The van der Waals surface area contributed by atoms with Gasteiger partial charge in [0.15, 0.2) is 0 Å². The Morgan fingerprint density at radius 2 is 1.62 bits per heavy atom. The molecular formula is C31H26F3N9O5. The number of rotatable bonds is 9. The first-order chi connectivity index (χ1) is 23.1. The van der Waals surface area contributed by atoms with Crippen LogP contribution in [0.25, 0.3) is 10.4 Å². The van der Waals surface area contributed by atoms with Crippen LogP contribution in [0.1, 0.15) is 27.5 Å². The summed E-state index contributed by atoms with van der Waals surface area (Å²) in [5.41, 5.74) is 7.10. The van der Waals surface area contributed by atoms with E-state index in [4.69, 9.17) is 15.0 Å². The number of benzene rings is 3. The van der Waals surface area contributed by atoms with Crippen LogP contribution in [0, 0.1) is 0 Å². The number of esters is 2. The van der Waals surface area contributed by atoms with Crippen molar-refractivity contribution in [1.82, 2.24) is 20.2 Å². The van der Waals surface area contributed by atoms with Crippen LogP contribution in [-0.4, -0.2) is 59.0 Å². The molecule has 0 aliphatic carbocycles. The van der Waals surface area contributed by atoms with Gasteiger partial charge >= 0.3 is 24.1 Å². The maximum absolute atomic E-state index is 14.5. The molecule has 0 radical (unpaired) electrons. The summed E-state index contributed by atoms with van der Waals surface area (Å²) >= 11 is 0. The summed E-state index contributed by atoms with van der Waals surface area (Å²) < 4.78 is 54.0. The zero-order valence-electron chi connectivity index (χ0n) is 24.8. The lowest BCUT2D eigenvalue weighted by molar-refractivity contribution is -0.146. The van der Waals surface area contributed by atoms with Gasteiger partial charge in [-0.25, -0.2) is 24.4 Å². The average Bonchev–Trinajstić information content (AvgIpc) is 3.07. The highest BCUT2D eigenvalue weighted by Gasteiger charge is 2.41. The van der Waals surface area contributed by atoms with Crippen molar-refractivity contribution in [2.75, 3.05) is 36.8 Å². The van der Waals surface area contributed by atoms with Crippen molar-refractivity contribution in [2.45, 2.75) is 12.2 Å². The standard InChI is InChI=1S/C31H26F3N9O5/c32-31(33,34)24-16-21(40-30(46)39-20-6-9-22(10-7-20)47-26-17-25(41-42-35)37-18-38-26)8-11-23(24)27(43-14-12-36-13-15-43)29(45)48-28(44)19-4-2-1-3-5-19/h1-11,16-18,27,36H,12-15H2,(H2,39,40,46). The number of anilines is 2. The molecule has 3 aromatic carbocycles. The number of hydrogen-bond acceptors (Lipinski definition) is 10. The highest BCUT2D eigenvalue weighted by Crippen LogP contribution is 2.39. The summed E-state index contributed by atoms with van der Waals surface area (Å²) in [6, 6.07) is 15.6. The van der Waals surface area contributed by atoms with E-state index in [0.29, 0.717) is 18.8 Å². The Morgan fingerprint density at radius 1 is 0.938 bits per heavy atom. The number of carbonyl (C=O) groups excluding carboxylic acids is 3. The van der Waals surface area contributed by atoms with Gasteiger partial charge in [-0.15, -0.1) is 0 Å². The average molecular weight is 662 g/mol. The lowest BCUT2D eigenvalue weighted by atomic mass is 9.97. The maximum atomic E-state index is 14.5. The number of urea groups is 1. The lowest BCUT2D eigenvalue weighted by Crippen LogP contribution is -2.48. The van der Waals surface area contributed by atoms with Gasteiger partial charge in [-0.3, -0.25) is 4.90 Å². The molecule has 14 nitrogen and oxygen atoms in total. The van der Waals surface area contributed by atoms with E-state index in [1.807, 2.05) is 0 Å². The van der Waals surface area contributed by atoms with Crippen LogP contribution in [0.5, 0.6) is 11.6 Å². The first-order valence-electron chi connectivity index (χ1n) is 14.3. The molecule has 246 valence electrons. The molecule has 17 heteroatoms. The van der Waals surface area contributed by atoms with Crippen molar-refractivity contribution in [3.05, 3.63) is 112 Å². The molecule has 0 bridgehead atoms. The molecule has 2 amide bonds. The van der Waals surface area contributed by atoms with Crippen molar-refractivity contribution in [3.8, 4) is 11.6 Å². The number of carbonyl (C=O) groups is 3. The topological polar surface area (TPSA) is 184 Å². The van der Waals surface area contributed by atoms with E-state index >= 15 is 0 Å². The zero-order chi connectivity index (χ0) is 34.1. The molecule has 1 aliphatic rings. The van der Waals surface area contributed by atoms with Gasteiger partial charge in [0.2, 0.25) is 5.88 Å². The monoisotopic (exact) mass is 661 g/mol. The normalized spacial score (nSPS) is 13.8. The first-order valence-corrected chi connectivity index (χ1v) is 14.3. The van der Waals surface area contributed by atoms with Crippen molar-refractivity contribution in [1.29, 1.82) is 0 Å². The molecule has 2 heterocycles. The largest absolute Gasteiger partial charge is 0.439 e. The number of amides is 2. The predicted octanol–water partition coefficient (Wildman–Crippen LogP) is 6.20. The zero-order valence-corrected chi connectivity index (χ0v) is 24.8. The van der Waals surface area contributed by atoms with Crippen LogP contribution in [-0.2, 0) is 15.7 Å². The molecule has 5 rings (SSSR count). The minimum Gasteiger partial charge on any atom is -0.439 e. The number of hydrogen-bond donors (Lipinski definition) is 3. The summed E-state index contributed by atoms with van der Waals surface area (Å²) in [6.07, 6.45) is -3.78. The summed E-state index contributed by atoms with van der Waals surface area (Å²) in [5.74, 6) is -1.67. The molecule has 1 saturated heterocycles. The van der Waals surface area contributed by atoms with Crippen molar-refractivity contribution < 1.29 is 37.0 Å². The Kier molecular flexibility index (Phi) is 10.4. The summed E-state index contributed by atoms with van der Waals surface area (Å²) in [5, 5.41) is 11.3. The van der Waals surface area contributed by atoms with E-state index < -0.39 is 41.3 Å². The Morgan fingerprint density at radius 3 is 2.31 bits per heavy atom. The van der Waals surface area contributed by atoms with E-state index in [0.717, 1.165) is 18.5 Å². The number of halogens is 3. The van der Waals surface area contributed by atoms with Crippen molar-refractivity contribution in [2.24, 2.45) is 5.11 Å². The van der Waals surface area contributed by atoms with Gasteiger partial charge in [0.25, 0.3) is 0 Å². The molecule has 0 saturated carbocycles. The Labute approximate surface area is 270 Å². The molecule has 1 aliphatic heterocycles. The first kappa shape index (κ1) is 33.3. The van der Waals surface area contributed by atoms with Crippen molar-refractivity contribution >= 4 is 35.2 Å². The number of nitrogens with zero attached hydrogens (tertiary/aromatic N) is 6. The van der Waals surface area contributed by atoms with Gasteiger partial charge < -0.3 is 25.4 Å². The van der Waals surface area contributed by atoms with Crippen molar-refractivity contribution in [3.63, 3.8) is 0 Å². The van der Waals surface area contributed by atoms with Gasteiger partial charge in [-0.2, -0.15) is 13.2 Å². The van der Waals surface area contributed by atoms with Crippen LogP contribution in [0.15, 0.2) is 90.3 Å². The van der Waals surface area contributed by atoms with Gasteiger partial charge in [0.05, 0.1) is 11.1 Å². The highest BCUT2D eigenvalue weighted by molar-refractivity contribution is 6.00. The Balaban J connectivity index is 1.32. The smallest absolute Gasteiger partial charge is 0.416 e. The van der Waals surface area contributed by atoms with Crippen LogP contribution in [0.2, 0.25) is 0 Å². The van der Waals surface area contributed by atoms with Crippen LogP contribution < -0.4 is 20.7 Å². The molecule has 48 heavy (non-hydrogen) atoms. The van der Waals surface area contributed by atoms with E-state index in [1.165, 1.54) is 53.4 Å². The maximum Gasteiger partial charge on any atom is 0.416 e. The third-order valence-corrected chi connectivity index (χ3v) is 6.96. The van der Waals surface area contributed by atoms with Crippen LogP contribution >= 0.6 is 0 Å². The quantitative estimate of drug-likeness (QED) is 0.0618. The number of nitrogens with one attached hydrogen (secondary N) is 3. The molecular weight excluding hydrogens is 635 g/mol. The molecule has 1 fully saturated rings. The fourth-order valence-electron chi connectivity index (χ4n) is 4.82. The highest BCUT2D eigenvalue weighted by atomic mass is 19.4. The van der Waals surface area contributed by atoms with Gasteiger partial charge in [0.1, 0.15) is 23.9 Å². The summed E-state index contributed by atoms with van der Waals surface area (Å²) in [6.45, 7) is 1.25. The second-order valence-corrected chi connectivity index (χ2v) is 10.2. The van der Waals surface area contributed by atoms with Gasteiger partial charge in [-0.05, 0) is 64.7 Å². The minimum absolute atomic E-state index is 0.0524. The van der Waals surface area contributed by atoms with Crippen LogP contribution in [0.3, 0.4) is 0 Å². The van der Waals surface area contributed by atoms with Gasteiger partial charge in [-0.1, -0.05) is 24.3 Å². The lowest BCUT2D eigenvalue weighted by Gasteiger charge is -2.34. The Hall–Kier alpha value is -6.03. The van der Waals surface area contributed by atoms with E-state index in [1.54, 1.807) is 18.2 Å². The van der Waals surface area contributed by atoms with Crippen LogP contribution in [0.4, 0.5) is 35.2 Å². The fourth-order valence-corrected chi connectivity index (χ4v) is 4.82. The third-order valence-electron chi connectivity index (χ3n) is 6.96. The molecule has 1 atom stereocenters. The van der Waals surface area contributed by atoms with E-state index in [9.17, 15) is 27.6 Å². The molecule has 1 unspecified atom stereocenters. The van der Waals surface area contributed by atoms with Gasteiger partial charge in [0, 0.05) is 48.5 Å². The Bertz CT molecular complexity index is 1830. The second kappa shape index (κ2) is 15.0. The summed E-state index contributed by atoms with van der Waals surface area (Å²) in [7, 11) is 0. The minimum atomic E-state index is -4.93.